The summed E-state index contributed by atoms with van der Waals surface area (Å²) in [6.07, 6.45) is 0.330. The number of carbonyl (C=O) groups is 1. The van der Waals surface area contributed by atoms with E-state index in [1.54, 1.807) is 11.3 Å². The summed E-state index contributed by atoms with van der Waals surface area (Å²) in [6.45, 7) is 3.31. The quantitative estimate of drug-likeness (QED) is 0.796. The topological polar surface area (TPSA) is 47.6 Å². The van der Waals surface area contributed by atoms with Crippen molar-refractivity contribution in [3.8, 4) is 5.75 Å². The molecule has 2 aromatic rings. The first kappa shape index (κ1) is 15.4. The summed E-state index contributed by atoms with van der Waals surface area (Å²) in [5, 5.41) is 3.36. The monoisotopic (exact) mass is 305 g/mol. The lowest BCUT2D eigenvalue weighted by molar-refractivity contribution is -0.139. The average Bonchev–Trinajstić information content (AvgIpc) is 2.94. The van der Waals surface area contributed by atoms with Gasteiger partial charge in [0.2, 0.25) is 0 Å². The summed E-state index contributed by atoms with van der Waals surface area (Å²) in [4.78, 5) is 13.4. The number of esters is 1. The lowest BCUT2D eigenvalue weighted by Crippen LogP contribution is -2.02. The molecule has 0 atom stereocenters. The van der Waals surface area contributed by atoms with Gasteiger partial charge >= 0.3 is 5.97 Å². The molecule has 2 rings (SSSR count). The summed E-state index contributed by atoms with van der Waals surface area (Å²) in [7, 11) is 1.41. The van der Waals surface area contributed by atoms with Crippen LogP contribution in [0.15, 0.2) is 36.4 Å². The van der Waals surface area contributed by atoms with E-state index in [0.717, 1.165) is 16.3 Å². The van der Waals surface area contributed by atoms with Crippen molar-refractivity contribution < 1.29 is 14.3 Å². The van der Waals surface area contributed by atoms with E-state index < -0.39 is 0 Å². The molecular weight excluding hydrogens is 286 g/mol. The molecule has 0 spiro atoms. The van der Waals surface area contributed by atoms with Gasteiger partial charge in [-0.25, -0.2) is 0 Å². The second-order valence-electron chi connectivity index (χ2n) is 4.40. The van der Waals surface area contributed by atoms with Crippen molar-refractivity contribution in [2.45, 2.75) is 19.9 Å². The Morgan fingerprint density at radius 3 is 2.71 bits per heavy atom. The molecule has 0 saturated heterocycles. The zero-order valence-electron chi connectivity index (χ0n) is 12.2. The molecule has 1 aromatic heterocycles. The van der Waals surface area contributed by atoms with Crippen LogP contribution in [0.25, 0.3) is 0 Å². The Kier molecular flexibility index (Phi) is 5.63. The van der Waals surface area contributed by atoms with Gasteiger partial charge in [-0.2, -0.15) is 0 Å². The van der Waals surface area contributed by atoms with Crippen molar-refractivity contribution in [2.75, 3.05) is 19.0 Å². The first-order valence-electron chi connectivity index (χ1n) is 6.83. The number of hydrogen-bond donors (Lipinski definition) is 1. The highest BCUT2D eigenvalue weighted by atomic mass is 32.1. The summed E-state index contributed by atoms with van der Waals surface area (Å²) < 4.78 is 10.2. The van der Waals surface area contributed by atoms with E-state index in [0.29, 0.717) is 19.6 Å². The molecule has 0 bridgehead atoms. The maximum atomic E-state index is 11.2. The Bertz CT molecular complexity index is 595. The predicted molar refractivity (Wildman–Crippen MR) is 85.0 cm³/mol. The molecule has 4 nitrogen and oxygen atoms in total. The number of para-hydroxylation sites is 2. The molecule has 1 heterocycles. The molecule has 1 aromatic carbocycles. The van der Waals surface area contributed by atoms with Gasteiger partial charge in [-0.3, -0.25) is 4.79 Å². The highest BCUT2D eigenvalue weighted by Crippen LogP contribution is 2.25. The molecule has 0 aliphatic carbocycles. The normalized spacial score (nSPS) is 10.2. The number of rotatable bonds is 7. The zero-order chi connectivity index (χ0) is 15.1. The van der Waals surface area contributed by atoms with Crippen LogP contribution in [-0.2, 0) is 22.5 Å². The van der Waals surface area contributed by atoms with Crippen LogP contribution in [0.2, 0.25) is 0 Å². The molecule has 0 radical (unpaired) electrons. The molecule has 0 saturated carbocycles. The summed E-state index contributed by atoms with van der Waals surface area (Å²) >= 11 is 1.61. The van der Waals surface area contributed by atoms with E-state index in [9.17, 15) is 4.79 Å². The Morgan fingerprint density at radius 1 is 1.19 bits per heavy atom. The highest BCUT2D eigenvalue weighted by molar-refractivity contribution is 7.12. The Morgan fingerprint density at radius 2 is 1.95 bits per heavy atom. The van der Waals surface area contributed by atoms with Crippen molar-refractivity contribution in [3.63, 3.8) is 0 Å². The Hall–Kier alpha value is -2.01. The summed E-state index contributed by atoms with van der Waals surface area (Å²) in [5.74, 6) is 0.643. The number of thiophene rings is 1. The number of hydrogen-bond acceptors (Lipinski definition) is 5. The number of nitrogens with one attached hydrogen (secondary N) is 1. The second kappa shape index (κ2) is 7.69. The van der Waals surface area contributed by atoms with Crippen molar-refractivity contribution in [3.05, 3.63) is 46.2 Å². The summed E-state index contributed by atoms with van der Waals surface area (Å²) in [5.41, 5.74) is 0.974. The summed E-state index contributed by atoms with van der Waals surface area (Å²) in [6, 6.07) is 11.9. The van der Waals surface area contributed by atoms with Gasteiger partial charge in [-0.05, 0) is 31.2 Å². The average molecular weight is 305 g/mol. The smallest absolute Gasteiger partial charge is 0.310 e. The van der Waals surface area contributed by atoms with Gasteiger partial charge in [0.05, 0.1) is 25.8 Å². The SMILES string of the molecule is CCOc1ccccc1NCc1ccc(CC(=O)OC)s1. The van der Waals surface area contributed by atoms with Gasteiger partial charge in [0.25, 0.3) is 0 Å². The van der Waals surface area contributed by atoms with Crippen LogP contribution >= 0.6 is 11.3 Å². The fraction of sp³-hybridized carbons (Fsp3) is 0.312. The van der Waals surface area contributed by atoms with Crippen molar-refractivity contribution in [2.24, 2.45) is 0 Å². The lowest BCUT2D eigenvalue weighted by atomic mass is 10.3. The van der Waals surface area contributed by atoms with Crippen LogP contribution in [0.1, 0.15) is 16.7 Å². The first-order valence-corrected chi connectivity index (χ1v) is 7.64. The molecule has 21 heavy (non-hydrogen) atoms. The van der Waals surface area contributed by atoms with Crippen LogP contribution in [0, 0.1) is 0 Å². The van der Waals surface area contributed by atoms with E-state index in [1.807, 2.05) is 43.3 Å². The largest absolute Gasteiger partial charge is 0.492 e. The Labute approximate surface area is 128 Å². The van der Waals surface area contributed by atoms with Crippen LogP contribution < -0.4 is 10.1 Å². The number of carbonyl (C=O) groups excluding carboxylic acids is 1. The fourth-order valence-corrected chi connectivity index (χ4v) is 2.85. The molecule has 0 unspecified atom stereocenters. The molecule has 0 aliphatic heterocycles. The van der Waals surface area contributed by atoms with Crippen LogP contribution in [0.3, 0.4) is 0 Å². The predicted octanol–water partition coefficient (Wildman–Crippen LogP) is 3.47. The van der Waals surface area contributed by atoms with E-state index in [-0.39, 0.29) is 5.97 Å². The molecule has 0 aliphatic rings. The highest BCUT2D eigenvalue weighted by Gasteiger charge is 2.07. The fourth-order valence-electron chi connectivity index (χ4n) is 1.90. The molecule has 112 valence electrons. The van der Waals surface area contributed by atoms with Gasteiger partial charge in [-0.1, -0.05) is 12.1 Å². The van der Waals surface area contributed by atoms with Crippen LogP contribution in [-0.4, -0.2) is 19.7 Å². The van der Waals surface area contributed by atoms with Gasteiger partial charge in [0, 0.05) is 16.3 Å². The maximum absolute atomic E-state index is 11.2. The van der Waals surface area contributed by atoms with E-state index in [4.69, 9.17) is 4.74 Å². The molecular formula is C16H19NO3S. The van der Waals surface area contributed by atoms with Crippen LogP contribution in [0.5, 0.6) is 5.75 Å². The van der Waals surface area contributed by atoms with Crippen molar-refractivity contribution >= 4 is 23.0 Å². The van der Waals surface area contributed by atoms with Crippen molar-refractivity contribution in [1.82, 2.24) is 0 Å². The van der Waals surface area contributed by atoms with Gasteiger partial charge in [0.15, 0.2) is 0 Å². The third-order valence-corrected chi connectivity index (χ3v) is 3.99. The second-order valence-corrected chi connectivity index (χ2v) is 5.66. The molecule has 1 N–H and O–H groups in total. The number of ether oxygens (including phenoxy) is 2. The Balaban J connectivity index is 1.95. The van der Waals surface area contributed by atoms with Crippen molar-refractivity contribution in [1.29, 1.82) is 0 Å². The van der Waals surface area contributed by atoms with E-state index in [1.165, 1.54) is 12.0 Å². The number of benzene rings is 1. The minimum Gasteiger partial charge on any atom is -0.492 e. The van der Waals surface area contributed by atoms with E-state index in [2.05, 4.69) is 10.1 Å². The van der Waals surface area contributed by atoms with Crippen LogP contribution in [0.4, 0.5) is 5.69 Å². The van der Waals surface area contributed by atoms with Gasteiger partial charge in [0.1, 0.15) is 5.75 Å². The number of anilines is 1. The number of methoxy groups -OCH3 is 1. The van der Waals surface area contributed by atoms with E-state index >= 15 is 0 Å². The standard InChI is InChI=1S/C16H19NO3S/c1-3-20-15-7-5-4-6-14(15)17-11-13-9-8-12(21-13)10-16(18)19-2/h4-9,17H,3,10-11H2,1-2H3. The molecule has 5 heteroatoms. The minimum absolute atomic E-state index is 0.210. The molecule has 0 fully saturated rings. The molecule has 0 amide bonds. The lowest BCUT2D eigenvalue weighted by Gasteiger charge is -2.11. The maximum Gasteiger partial charge on any atom is 0.310 e. The zero-order valence-corrected chi connectivity index (χ0v) is 13.0. The third kappa shape index (κ3) is 4.49. The van der Waals surface area contributed by atoms with Gasteiger partial charge < -0.3 is 14.8 Å². The minimum atomic E-state index is -0.210. The first-order chi connectivity index (χ1) is 10.2. The third-order valence-electron chi connectivity index (χ3n) is 2.90. The van der Waals surface area contributed by atoms with Gasteiger partial charge in [-0.15, -0.1) is 11.3 Å².